The van der Waals surface area contributed by atoms with Crippen LogP contribution in [-0.2, 0) is 11.8 Å². The van der Waals surface area contributed by atoms with E-state index < -0.39 is 0 Å². The van der Waals surface area contributed by atoms with E-state index in [4.69, 9.17) is 5.73 Å². The molecular formula is C9H15N5OS. The van der Waals surface area contributed by atoms with E-state index in [0.717, 1.165) is 12.8 Å². The van der Waals surface area contributed by atoms with Gasteiger partial charge in [-0.15, -0.1) is 10.2 Å². The zero-order chi connectivity index (χ0) is 11.7. The van der Waals surface area contributed by atoms with Gasteiger partial charge in [0.15, 0.2) is 5.16 Å². The highest BCUT2D eigenvalue weighted by Gasteiger charge is 2.29. The van der Waals surface area contributed by atoms with Crippen molar-refractivity contribution in [3.8, 4) is 0 Å². The van der Waals surface area contributed by atoms with E-state index in [1.54, 1.807) is 11.6 Å². The predicted molar refractivity (Wildman–Crippen MR) is 61.9 cm³/mol. The lowest BCUT2D eigenvalue weighted by atomic mass is 10.5. The summed E-state index contributed by atoms with van der Waals surface area (Å²) in [6.45, 7) is 0. The Kier molecular flexibility index (Phi) is 3.04. The van der Waals surface area contributed by atoms with Crippen LogP contribution in [0.15, 0.2) is 5.16 Å². The van der Waals surface area contributed by atoms with E-state index in [9.17, 15) is 4.79 Å². The van der Waals surface area contributed by atoms with Gasteiger partial charge in [0, 0.05) is 20.1 Å². The van der Waals surface area contributed by atoms with Crippen molar-refractivity contribution in [1.82, 2.24) is 19.7 Å². The fourth-order valence-electron chi connectivity index (χ4n) is 1.35. The van der Waals surface area contributed by atoms with Crippen LogP contribution < -0.4 is 5.73 Å². The van der Waals surface area contributed by atoms with Gasteiger partial charge in [-0.1, -0.05) is 11.8 Å². The standard InChI is InChI=1S/C9H15N5OS/c1-13(6-3-4-6)7(15)5-16-9-12-11-8(10)14(9)2/h6H,3-5H2,1-2H3,(H2,10,11). The number of hydrogen-bond acceptors (Lipinski definition) is 5. The predicted octanol–water partition coefficient (Wildman–Crippen LogP) is 0.110. The number of nitrogen functional groups attached to an aromatic ring is 1. The molecule has 1 aromatic heterocycles. The Hall–Kier alpha value is -1.24. The Morgan fingerprint density at radius 3 is 2.81 bits per heavy atom. The second kappa shape index (κ2) is 4.32. The van der Waals surface area contributed by atoms with Crippen molar-refractivity contribution in [1.29, 1.82) is 0 Å². The van der Waals surface area contributed by atoms with Gasteiger partial charge in [-0.2, -0.15) is 0 Å². The van der Waals surface area contributed by atoms with Gasteiger partial charge in [-0.05, 0) is 12.8 Å². The Balaban J connectivity index is 1.87. The van der Waals surface area contributed by atoms with Crippen LogP contribution in [0.2, 0.25) is 0 Å². The third-order valence-corrected chi connectivity index (χ3v) is 3.69. The summed E-state index contributed by atoms with van der Waals surface area (Å²) in [6.07, 6.45) is 2.26. The molecule has 1 heterocycles. The monoisotopic (exact) mass is 241 g/mol. The summed E-state index contributed by atoms with van der Waals surface area (Å²) < 4.78 is 1.68. The molecule has 0 atom stereocenters. The first-order chi connectivity index (χ1) is 7.59. The van der Waals surface area contributed by atoms with Gasteiger partial charge in [-0.25, -0.2) is 0 Å². The first-order valence-corrected chi connectivity index (χ1v) is 6.11. The first-order valence-electron chi connectivity index (χ1n) is 5.13. The number of carbonyl (C=O) groups is 1. The molecule has 1 aromatic rings. The molecule has 2 rings (SSSR count). The molecule has 1 saturated carbocycles. The lowest BCUT2D eigenvalue weighted by Crippen LogP contribution is -2.30. The van der Waals surface area contributed by atoms with Crippen LogP contribution in [0.25, 0.3) is 0 Å². The van der Waals surface area contributed by atoms with E-state index in [1.165, 1.54) is 11.8 Å². The van der Waals surface area contributed by atoms with Gasteiger partial charge in [-0.3, -0.25) is 9.36 Å². The Morgan fingerprint density at radius 2 is 2.31 bits per heavy atom. The van der Waals surface area contributed by atoms with Crippen molar-refractivity contribution in [3.63, 3.8) is 0 Å². The van der Waals surface area contributed by atoms with Gasteiger partial charge in [0.25, 0.3) is 0 Å². The van der Waals surface area contributed by atoms with Crippen molar-refractivity contribution < 1.29 is 4.79 Å². The molecule has 0 bridgehead atoms. The minimum absolute atomic E-state index is 0.133. The lowest BCUT2D eigenvalue weighted by molar-refractivity contribution is -0.127. The van der Waals surface area contributed by atoms with Gasteiger partial charge in [0.1, 0.15) is 0 Å². The topological polar surface area (TPSA) is 77.0 Å². The smallest absolute Gasteiger partial charge is 0.233 e. The molecule has 0 saturated heterocycles. The largest absolute Gasteiger partial charge is 0.368 e. The van der Waals surface area contributed by atoms with E-state index in [2.05, 4.69) is 10.2 Å². The van der Waals surface area contributed by atoms with Crippen molar-refractivity contribution in [3.05, 3.63) is 0 Å². The van der Waals surface area contributed by atoms with Gasteiger partial charge in [0.2, 0.25) is 11.9 Å². The molecule has 88 valence electrons. The van der Waals surface area contributed by atoms with Crippen LogP contribution >= 0.6 is 11.8 Å². The van der Waals surface area contributed by atoms with Gasteiger partial charge < -0.3 is 10.6 Å². The summed E-state index contributed by atoms with van der Waals surface area (Å²) in [6, 6.07) is 0.456. The number of nitrogens with zero attached hydrogens (tertiary/aromatic N) is 4. The minimum atomic E-state index is 0.133. The zero-order valence-electron chi connectivity index (χ0n) is 9.38. The third-order valence-electron chi connectivity index (χ3n) is 2.68. The van der Waals surface area contributed by atoms with Crippen molar-refractivity contribution in [2.24, 2.45) is 7.05 Å². The van der Waals surface area contributed by atoms with Crippen molar-refractivity contribution in [2.45, 2.75) is 24.0 Å². The second-order valence-corrected chi connectivity index (χ2v) is 4.87. The zero-order valence-corrected chi connectivity index (χ0v) is 10.2. The van der Waals surface area contributed by atoms with E-state index in [0.29, 0.717) is 22.9 Å². The molecular weight excluding hydrogens is 226 g/mol. The van der Waals surface area contributed by atoms with Crippen LogP contribution in [-0.4, -0.2) is 44.4 Å². The molecule has 0 radical (unpaired) electrons. The van der Waals surface area contributed by atoms with E-state index in [-0.39, 0.29) is 5.91 Å². The van der Waals surface area contributed by atoms with Crippen LogP contribution in [0.3, 0.4) is 0 Å². The Labute approximate surface area is 98.2 Å². The number of amides is 1. The van der Waals surface area contributed by atoms with Gasteiger partial charge >= 0.3 is 0 Å². The average Bonchev–Trinajstić information content (AvgIpc) is 3.06. The highest BCUT2D eigenvalue weighted by molar-refractivity contribution is 7.99. The molecule has 16 heavy (non-hydrogen) atoms. The lowest BCUT2D eigenvalue weighted by Gasteiger charge is -2.15. The fraction of sp³-hybridized carbons (Fsp3) is 0.667. The van der Waals surface area contributed by atoms with E-state index >= 15 is 0 Å². The molecule has 2 N–H and O–H groups in total. The van der Waals surface area contributed by atoms with E-state index in [1.807, 2.05) is 11.9 Å². The molecule has 1 aliphatic carbocycles. The fourth-order valence-corrected chi connectivity index (χ4v) is 2.19. The molecule has 0 aliphatic heterocycles. The number of carbonyl (C=O) groups excluding carboxylic acids is 1. The van der Waals surface area contributed by atoms with Crippen LogP contribution in [0.1, 0.15) is 12.8 Å². The normalized spacial score (nSPS) is 15.1. The Bertz CT molecular complexity index is 401. The molecule has 0 unspecified atom stereocenters. The summed E-state index contributed by atoms with van der Waals surface area (Å²) in [5.74, 6) is 0.887. The molecule has 0 aromatic carbocycles. The summed E-state index contributed by atoms with van der Waals surface area (Å²) in [5.41, 5.74) is 5.55. The number of hydrogen-bond donors (Lipinski definition) is 1. The second-order valence-electron chi connectivity index (χ2n) is 3.92. The third kappa shape index (κ3) is 2.29. The average molecular weight is 241 g/mol. The maximum atomic E-state index is 11.7. The highest BCUT2D eigenvalue weighted by atomic mass is 32.2. The van der Waals surface area contributed by atoms with Crippen molar-refractivity contribution >= 4 is 23.6 Å². The number of aromatic nitrogens is 3. The minimum Gasteiger partial charge on any atom is -0.368 e. The molecule has 7 heteroatoms. The summed E-state index contributed by atoms with van der Waals surface area (Å²) in [5, 5.41) is 8.29. The highest BCUT2D eigenvalue weighted by Crippen LogP contribution is 2.26. The SMILES string of the molecule is CN(C(=O)CSc1nnc(N)n1C)C1CC1. The van der Waals surface area contributed by atoms with Crippen molar-refractivity contribution in [2.75, 3.05) is 18.5 Å². The summed E-state index contributed by atoms with van der Waals surface area (Å²) in [4.78, 5) is 13.5. The number of rotatable bonds is 4. The summed E-state index contributed by atoms with van der Waals surface area (Å²) >= 11 is 1.37. The molecule has 1 amide bonds. The number of anilines is 1. The van der Waals surface area contributed by atoms with Crippen LogP contribution in [0, 0.1) is 0 Å². The molecule has 0 spiro atoms. The number of thioether (sulfide) groups is 1. The maximum Gasteiger partial charge on any atom is 0.233 e. The molecule has 1 fully saturated rings. The van der Waals surface area contributed by atoms with Gasteiger partial charge in [0.05, 0.1) is 5.75 Å². The quantitative estimate of drug-likeness (QED) is 0.757. The molecule has 6 nitrogen and oxygen atoms in total. The van der Waals surface area contributed by atoms with Crippen LogP contribution in [0.5, 0.6) is 0 Å². The molecule has 1 aliphatic rings. The first kappa shape index (κ1) is 11.3. The number of nitrogens with two attached hydrogens (primary N) is 1. The van der Waals surface area contributed by atoms with Crippen LogP contribution in [0.4, 0.5) is 5.95 Å². The Morgan fingerprint density at radius 1 is 1.62 bits per heavy atom. The maximum absolute atomic E-state index is 11.7. The summed E-state index contributed by atoms with van der Waals surface area (Å²) in [7, 11) is 3.64.